The number of pyridine rings is 2. The molecule has 1 aliphatic rings. The molecule has 1 aliphatic heterocycles. The fourth-order valence-corrected chi connectivity index (χ4v) is 5.65. The van der Waals surface area contributed by atoms with E-state index in [1.54, 1.807) is 30.5 Å². The number of carbonyl (C=O) groups is 2. The molecule has 178 valence electrons. The number of piperidine rings is 1. The standard InChI is InChI=1S/C27H26N4O3S/c1-34-27(33)24-23(30-25(32)18-8-3-2-4-9-18)21-13-12-20(29-26(21)35-24)17-31-15-6-5-11-22(31)19-10-7-14-28-16-19/h2-4,7-10,12-14,16,22H,5-6,11,15,17H2,1H3,(H,30,32)/t22-/m0/s1. The van der Waals surface area contributed by atoms with Crippen LogP contribution in [0.4, 0.5) is 5.69 Å². The summed E-state index contributed by atoms with van der Waals surface area (Å²) in [6, 6.07) is 17.3. The molecule has 0 spiro atoms. The minimum Gasteiger partial charge on any atom is -0.465 e. The minimum atomic E-state index is -0.495. The van der Waals surface area contributed by atoms with Crippen LogP contribution in [0.1, 0.15) is 56.6 Å². The minimum absolute atomic E-state index is 0.285. The number of benzene rings is 1. The number of fused-ring (bicyclic) bond motifs is 1. The van der Waals surface area contributed by atoms with Crippen LogP contribution >= 0.6 is 11.3 Å². The first-order valence-corrected chi connectivity index (χ1v) is 12.5. The van der Waals surface area contributed by atoms with Crippen LogP contribution in [0.5, 0.6) is 0 Å². The van der Waals surface area contributed by atoms with Gasteiger partial charge in [0.15, 0.2) is 0 Å². The number of likely N-dealkylation sites (tertiary alicyclic amines) is 1. The largest absolute Gasteiger partial charge is 0.465 e. The molecule has 0 unspecified atom stereocenters. The monoisotopic (exact) mass is 486 g/mol. The Balaban J connectivity index is 1.45. The number of hydrogen-bond donors (Lipinski definition) is 1. The average Bonchev–Trinajstić information content (AvgIpc) is 3.27. The average molecular weight is 487 g/mol. The van der Waals surface area contributed by atoms with E-state index in [0.717, 1.165) is 30.5 Å². The summed E-state index contributed by atoms with van der Waals surface area (Å²) >= 11 is 1.24. The van der Waals surface area contributed by atoms with Gasteiger partial charge in [-0.3, -0.25) is 14.7 Å². The maximum absolute atomic E-state index is 12.8. The van der Waals surface area contributed by atoms with Crippen molar-refractivity contribution in [2.45, 2.75) is 31.8 Å². The molecular weight excluding hydrogens is 460 g/mol. The molecule has 1 fully saturated rings. The molecule has 1 N–H and O–H groups in total. The van der Waals surface area contributed by atoms with Crippen molar-refractivity contribution >= 4 is 39.1 Å². The summed E-state index contributed by atoms with van der Waals surface area (Å²) in [6.07, 6.45) is 7.19. The van der Waals surface area contributed by atoms with Crippen LogP contribution < -0.4 is 5.32 Å². The first-order valence-electron chi connectivity index (χ1n) is 11.6. The van der Waals surface area contributed by atoms with Crippen LogP contribution in [-0.2, 0) is 11.3 Å². The number of hydrogen-bond acceptors (Lipinski definition) is 7. The molecule has 4 aromatic rings. The molecule has 0 radical (unpaired) electrons. The zero-order valence-corrected chi connectivity index (χ0v) is 20.3. The van der Waals surface area contributed by atoms with Gasteiger partial charge in [0.25, 0.3) is 5.91 Å². The summed E-state index contributed by atoms with van der Waals surface area (Å²) < 4.78 is 4.99. The number of aromatic nitrogens is 2. The van der Waals surface area contributed by atoms with E-state index in [9.17, 15) is 9.59 Å². The molecule has 35 heavy (non-hydrogen) atoms. The van der Waals surface area contributed by atoms with E-state index in [-0.39, 0.29) is 5.91 Å². The highest BCUT2D eigenvalue weighted by Gasteiger charge is 2.26. The summed E-state index contributed by atoms with van der Waals surface area (Å²) in [5.74, 6) is -0.780. The Morgan fingerprint density at radius 1 is 1.11 bits per heavy atom. The van der Waals surface area contributed by atoms with Crippen LogP contribution in [0.2, 0.25) is 0 Å². The molecule has 7 nitrogen and oxygen atoms in total. The predicted molar refractivity (Wildman–Crippen MR) is 137 cm³/mol. The third kappa shape index (κ3) is 4.94. The number of carbonyl (C=O) groups excluding carboxylic acids is 2. The van der Waals surface area contributed by atoms with Crippen LogP contribution in [0, 0.1) is 0 Å². The molecule has 0 bridgehead atoms. The maximum Gasteiger partial charge on any atom is 0.350 e. The summed E-state index contributed by atoms with van der Waals surface area (Å²) in [7, 11) is 1.34. The van der Waals surface area contributed by atoms with E-state index < -0.39 is 5.97 Å². The highest BCUT2D eigenvalue weighted by atomic mass is 32.1. The number of nitrogens with zero attached hydrogens (tertiary/aromatic N) is 3. The van der Waals surface area contributed by atoms with Gasteiger partial charge in [-0.15, -0.1) is 11.3 Å². The summed E-state index contributed by atoms with van der Waals surface area (Å²) in [5, 5.41) is 3.64. The zero-order chi connectivity index (χ0) is 24.2. The smallest absolute Gasteiger partial charge is 0.350 e. The molecule has 8 heteroatoms. The van der Waals surface area contributed by atoms with Crippen LogP contribution in [0.15, 0.2) is 67.0 Å². The van der Waals surface area contributed by atoms with Crippen molar-refractivity contribution in [2.24, 2.45) is 0 Å². The maximum atomic E-state index is 12.8. The second-order valence-corrected chi connectivity index (χ2v) is 9.54. The van der Waals surface area contributed by atoms with Gasteiger partial charge in [-0.1, -0.05) is 30.7 Å². The lowest BCUT2D eigenvalue weighted by molar-refractivity contribution is 0.0607. The van der Waals surface area contributed by atoms with Crippen molar-refractivity contribution in [3.05, 3.63) is 88.7 Å². The number of rotatable bonds is 6. The normalized spacial score (nSPS) is 16.2. The molecular formula is C27H26N4O3S. The van der Waals surface area contributed by atoms with E-state index in [2.05, 4.69) is 21.3 Å². The summed E-state index contributed by atoms with van der Waals surface area (Å²) in [5.41, 5.74) is 3.10. The second-order valence-electron chi connectivity index (χ2n) is 8.54. The van der Waals surface area contributed by atoms with Gasteiger partial charge in [0.1, 0.15) is 9.71 Å². The van der Waals surface area contributed by atoms with E-state index in [4.69, 9.17) is 9.72 Å². The van der Waals surface area contributed by atoms with E-state index in [0.29, 0.717) is 33.5 Å². The Labute approximate surface area is 207 Å². The van der Waals surface area contributed by atoms with Gasteiger partial charge < -0.3 is 10.1 Å². The Bertz CT molecular complexity index is 1340. The topological polar surface area (TPSA) is 84.4 Å². The molecule has 4 heterocycles. The molecule has 0 aliphatic carbocycles. The molecule has 5 rings (SSSR count). The number of anilines is 1. The number of esters is 1. The Morgan fingerprint density at radius 2 is 1.97 bits per heavy atom. The van der Waals surface area contributed by atoms with Crippen LogP contribution in [0.3, 0.4) is 0 Å². The number of ether oxygens (including phenoxy) is 1. The van der Waals surface area contributed by atoms with Gasteiger partial charge in [0, 0.05) is 35.9 Å². The number of nitrogens with one attached hydrogen (secondary N) is 1. The summed E-state index contributed by atoms with van der Waals surface area (Å²) in [4.78, 5) is 38.0. The fourth-order valence-electron chi connectivity index (χ4n) is 4.58. The molecule has 1 aromatic carbocycles. The molecule has 1 atom stereocenters. The SMILES string of the molecule is COC(=O)c1sc2nc(CN3CCCC[C@H]3c3cccnc3)ccc2c1NC(=O)c1ccccc1. The number of thiophene rings is 1. The summed E-state index contributed by atoms with van der Waals surface area (Å²) in [6.45, 7) is 1.70. The molecule has 1 amide bonds. The van der Waals surface area contributed by atoms with E-state index in [1.165, 1.54) is 30.4 Å². The third-order valence-corrected chi connectivity index (χ3v) is 7.39. The van der Waals surface area contributed by atoms with Gasteiger partial charge in [0.2, 0.25) is 0 Å². The van der Waals surface area contributed by atoms with Crippen molar-refractivity contribution in [3.63, 3.8) is 0 Å². The first kappa shape index (κ1) is 23.1. The lowest BCUT2D eigenvalue weighted by atomic mass is 9.96. The first-order chi connectivity index (χ1) is 17.1. The van der Waals surface area contributed by atoms with Gasteiger partial charge in [0.05, 0.1) is 18.5 Å². The van der Waals surface area contributed by atoms with E-state index in [1.807, 2.05) is 30.5 Å². The molecule has 0 saturated carbocycles. The third-order valence-electron chi connectivity index (χ3n) is 6.31. The van der Waals surface area contributed by atoms with Crippen molar-refractivity contribution in [1.82, 2.24) is 14.9 Å². The Kier molecular flexibility index (Phi) is 6.83. The Morgan fingerprint density at radius 3 is 2.74 bits per heavy atom. The number of methoxy groups -OCH3 is 1. The lowest BCUT2D eigenvalue weighted by Crippen LogP contribution is -2.33. The van der Waals surface area contributed by atoms with Gasteiger partial charge >= 0.3 is 5.97 Å². The van der Waals surface area contributed by atoms with Crippen LogP contribution in [0.25, 0.3) is 10.2 Å². The van der Waals surface area contributed by atoms with Crippen molar-refractivity contribution in [3.8, 4) is 0 Å². The van der Waals surface area contributed by atoms with E-state index >= 15 is 0 Å². The quantitative estimate of drug-likeness (QED) is 0.365. The number of amides is 1. The van der Waals surface area contributed by atoms with Crippen molar-refractivity contribution in [1.29, 1.82) is 0 Å². The zero-order valence-electron chi connectivity index (χ0n) is 19.4. The second kappa shape index (κ2) is 10.3. The Hall–Kier alpha value is -3.62. The molecule has 1 saturated heterocycles. The van der Waals surface area contributed by atoms with Crippen molar-refractivity contribution < 1.29 is 14.3 Å². The lowest BCUT2D eigenvalue weighted by Gasteiger charge is -2.35. The van der Waals surface area contributed by atoms with Gasteiger partial charge in [-0.05, 0) is 55.3 Å². The van der Waals surface area contributed by atoms with Gasteiger partial charge in [-0.25, -0.2) is 9.78 Å². The highest BCUT2D eigenvalue weighted by Crippen LogP contribution is 2.37. The fraction of sp³-hybridized carbons (Fsp3) is 0.259. The predicted octanol–water partition coefficient (Wildman–Crippen LogP) is 5.46. The van der Waals surface area contributed by atoms with Crippen molar-refractivity contribution in [2.75, 3.05) is 19.0 Å². The highest BCUT2D eigenvalue weighted by molar-refractivity contribution is 7.21. The van der Waals surface area contributed by atoms with Gasteiger partial charge in [-0.2, -0.15) is 0 Å². The molecule has 3 aromatic heterocycles. The van der Waals surface area contributed by atoms with Crippen LogP contribution in [-0.4, -0.2) is 40.4 Å².